The van der Waals surface area contributed by atoms with E-state index in [-0.39, 0.29) is 6.79 Å². The summed E-state index contributed by atoms with van der Waals surface area (Å²) >= 11 is 6.01. The van der Waals surface area contributed by atoms with Gasteiger partial charge in [-0.25, -0.2) is 0 Å². The summed E-state index contributed by atoms with van der Waals surface area (Å²) in [6.07, 6.45) is 1.73. The molecule has 0 fully saturated rings. The number of anilines is 1. The van der Waals surface area contributed by atoms with Crippen LogP contribution in [-0.4, -0.2) is 17.5 Å². The standard InChI is InChI=1S/C18H14ClN3O2/c1-11(12-2-5-17-18(8-12)24-10-23-17)21-22-15-6-7-20-16-9-13(19)3-4-14(15)16/h2-9H,10H2,1H3,(H,20,22)/b21-11+. The Morgan fingerprint density at radius 1 is 1.12 bits per heavy atom. The molecule has 0 amide bonds. The molecule has 0 unspecified atom stereocenters. The van der Waals surface area contributed by atoms with Gasteiger partial charge >= 0.3 is 0 Å². The average molecular weight is 340 g/mol. The zero-order valence-electron chi connectivity index (χ0n) is 12.9. The highest BCUT2D eigenvalue weighted by molar-refractivity contribution is 6.31. The van der Waals surface area contributed by atoms with Gasteiger partial charge in [0.15, 0.2) is 11.5 Å². The first-order valence-electron chi connectivity index (χ1n) is 7.45. The molecule has 4 rings (SSSR count). The lowest BCUT2D eigenvalue weighted by molar-refractivity contribution is 0.174. The van der Waals surface area contributed by atoms with Gasteiger partial charge in [-0.2, -0.15) is 5.10 Å². The summed E-state index contributed by atoms with van der Waals surface area (Å²) in [4.78, 5) is 4.32. The Balaban J connectivity index is 1.63. The molecule has 0 aliphatic carbocycles. The van der Waals surface area contributed by atoms with Crippen LogP contribution in [0.4, 0.5) is 5.69 Å². The smallest absolute Gasteiger partial charge is 0.231 e. The van der Waals surface area contributed by atoms with Crippen LogP contribution in [-0.2, 0) is 0 Å². The molecule has 0 saturated carbocycles. The predicted molar refractivity (Wildman–Crippen MR) is 95.2 cm³/mol. The van der Waals surface area contributed by atoms with E-state index in [0.29, 0.717) is 5.02 Å². The van der Waals surface area contributed by atoms with E-state index < -0.39 is 0 Å². The fourth-order valence-corrected chi connectivity index (χ4v) is 2.72. The Hall–Kier alpha value is -2.79. The normalized spacial score (nSPS) is 13.3. The van der Waals surface area contributed by atoms with Gasteiger partial charge in [-0.05, 0) is 49.4 Å². The minimum absolute atomic E-state index is 0.263. The highest BCUT2D eigenvalue weighted by atomic mass is 35.5. The molecular formula is C18H14ClN3O2. The molecule has 2 heterocycles. The van der Waals surface area contributed by atoms with Gasteiger partial charge in [0.25, 0.3) is 0 Å². The minimum Gasteiger partial charge on any atom is -0.454 e. The first-order chi connectivity index (χ1) is 11.7. The Kier molecular flexibility index (Phi) is 3.70. The van der Waals surface area contributed by atoms with Crippen molar-refractivity contribution in [3.63, 3.8) is 0 Å². The maximum absolute atomic E-state index is 6.01. The van der Waals surface area contributed by atoms with E-state index in [9.17, 15) is 0 Å². The number of halogens is 1. The molecule has 0 spiro atoms. The highest BCUT2D eigenvalue weighted by Crippen LogP contribution is 2.32. The van der Waals surface area contributed by atoms with Crippen molar-refractivity contribution < 1.29 is 9.47 Å². The zero-order valence-corrected chi connectivity index (χ0v) is 13.7. The summed E-state index contributed by atoms with van der Waals surface area (Å²) < 4.78 is 10.7. The third-order valence-electron chi connectivity index (χ3n) is 3.84. The fourth-order valence-electron chi connectivity index (χ4n) is 2.55. The second-order valence-corrected chi connectivity index (χ2v) is 5.83. The Morgan fingerprint density at radius 2 is 2.00 bits per heavy atom. The van der Waals surface area contributed by atoms with E-state index in [0.717, 1.165) is 39.4 Å². The van der Waals surface area contributed by atoms with Crippen LogP contribution in [0.15, 0.2) is 53.8 Å². The van der Waals surface area contributed by atoms with E-state index in [2.05, 4.69) is 15.5 Å². The van der Waals surface area contributed by atoms with Gasteiger partial charge in [0, 0.05) is 22.2 Å². The maximum Gasteiger partial charge on any atom is 0.231 e. The Labute approximate surface area is 143 Å². The second kappa shape index (κ2) is 6.02. The number of nitrogens with zero attached hydrogens (tertiary/aromatic N) is 2. The number of benzene rings is 2. The maximum atomic E-state index is 6.01. The molecule has 5 nitrogen and oxygen atoms in total. The molecule has 2 aromatic carbocycles. The summed E-state index contributed by atoms with van der Waals surface area (Å²) in [6, 6.07) is 13.2. The summed E-state index contributed by atoms with van der Waals surface area (Å²) in [5, 5.41) is 6.09. The molecule has 1 aromatic heterocycles. The number of aromatic nitrogens is 1. The number of hydrogen-bond donors (Lipinski definition) is 1. The first kappa shape index (κ1) is 14.8. The van der Waals surface area contributed by atoms with Crippen LogP contribution in [0.1, 0.15) is 12.5 Å². The molecule has 1 aliphatic rings. The van der Waals surface area contributed by atoms with Crippen molar-refractivity contribution >= 4 is 33.9 Å². The predicted octanol–water partition coefficient (Wildman–Crippen LogP) is 4.45. The summed E-state index contributed by atoms with van der Waals surface area (Å²) in [7, 11) is 0. The molecule has 1 aliphatic heterocycles. The molecule has 3 aromatic rings. The monoisotopic (exact) mass is 339 g/mol. The van der Waals surface area contributed by atoms with Gasteiger partial charge < -0.3 is 9.47 Å². The topological polar surface area (TPSA) is 55.7 Å². The van der Waals surface area contributed by atoms with Crippen LogP contribution >= 0.6 is 11.6 Å². The molecule has 0 bridgehead atoms. The van der Waals surface area contributed by atoms with Crippen molar-refractivity contribution in [2.45, 2.75) is 6.92 Å². The van der Waals surface area contributed by atoms with Gasteiger partial charge in [-0.3, -0.25) is 10.4 Å². The minimum atomic E-state index is 0.263. The van der Waals surface area contributed by atoms with Crippen LogP contribution in [0.2, 0.25) is 5.02 Å². The van der Waals surface area contributed by atoms with E-state index in [1.165, 1.54) is 0 Å². The summed E-state index contributed by atoms with van der Waals surface area (Å²) in [5.41, 5.74) is 6.61. The van der Waals surface area contributed by atoms with Gasteiger partial charge in [-0.15, -0.1) is 0 Å². The number of hydrogen-bond acceptors (Lipinski definition) is 5. The van der Waals surface area contributed by atoms with Crippen molar-refractivity contribution in [3.05, 3.63) is 59.2 Å². The quantitative estimate of drug-likeness (QED) is 0.565. The molecule has 24 heavy (non-hydrogen) atoms. The van der Waals surface area contributed by atoms with E-state index in [1.807, 2.05) is 49.4 Å². The molecule has 0 atom stereocenters. The Bertz CT molecular complexity index is 956. The number of nitrogens with one attached hydrogen (secondary N) is 1. The second-order valence-electron chi connectivity index (χ2n) is 5.40. The van der Waals surface area contributed by atoms with Crippen molar-refractivity contribution in [2.24, 2.45) is 5.10 Å². The number of ether oxygens (including phenoxy) is 2. The third kappa shape index (κ3) is 2.74. The van der Waals surface area contributed by atoms with E-state index in [4.69, 9.17) is 21.1 Å². The lowest BCUT2D eigenvalue weighted by Crippen LogP contribution is -2.00. The van der Waals surface area contributed by atoms with E-state index in [1.54, 1.807) is 6.20 Å². The van der Waals surface area contributed by atoms with Gasteiger partial charge in [-0.1, -0.05) is 11.6 Å². The number of hydrazone groups is 1. The van der Waals surface area contributed by atoms with Crippen LogP contribution < -0.4 is 14.9 Å². The molecule has 0 saturated heterocycles. The molecular weight excluding hydrogens is 326 g/mol. The third-order valence-corrected chi connectivity index (χ3v) is 4.07. The van der Waals surface area contributed by atoms with Crippen LogP contribution in [0, 0.1) is 0 Å². The number of fused-ring (bicyclic) bond motifs is 2. The van der Waals surface area contributed by atoms with Crippen molar-refractivity contribution in [2.75, 3.05) is 12.2 Å². The van der Waals surface area contributed by atoms with Crippen LogP contribution in [0.5, 0.6) is 11.5 Å². The fraction of sp³-hybridized carbons (Fsp3) is 0.111. The molecule has 0 radical (unpaired) electrons. The lowest BCUT2D eigenvalue weighted by atomic mass is 10.1. The Morgan fingerprint density at radius 3 is 2.92 bits per heavy atom. The van der Waals surface area contributed by atoms with Crippen LogP contribution in [0.3, 0.4) is 0 Å². The highest BCUT2D eigenvalue weighted by Gasteiger charge is 2.14. The van der Waals surface area contributed by atoms with Crippen molar-refractivity contribution in [3.8, 4) is 11.5 Å². The number of rotatable bonds is 3. The van der Waals surface area contributed by atoms with E-state index >= 15 is 0 Å². The largest absolute Gasteiger partial charge is 0.454 e. The van der Waals surface area contributed by atoms with Gasteiger partial charge in [0.1, 0.15) is 0 Å². The van der Waals surface area contributed by atoms with Crippen LogP contribution in [0.25, 0.3) is 10.9 Å². The molecule has 1 N–H and O–H groups in total. The first-order valence-corrected chi connectivity index (χ1v) is 7.83. The lowest BCUT2D eigenvalue weighted by Gasteiger charge is -2.07. The summed E-state index contributed by atoms with van der Waals surface area (Å²) in [6.45, 7) is 2.20. The zero-order chi connectivity index (χ0) is 16.5. The van der Waals surface area contributed by atoms with Crippen molar-refractivity contribution in [1.29, 1.82) is 0 Å². The summed E-state index contributed by atoms with van der Waals surface area (Å²) in [5.74, 6) is 1.50. The number of pyridine rings is 1. The molecule has 6 heteroatoms. The van der Waals surface area contributed by atoms with Gasteiger partial charge in [0.05, 0.1) is 16.9 Å². The average Bonchev–Trinajstić information content (AvgIpc) is 3.06. The SMILES string of the molecule is C/C(=N\Nc1ccnc2cc(Cl)ccc12)c1ccc2c(c1)OCO2. The van der Waals surface area contributed by atoms with Gasteiger partial charge in [0.2, 0.25) is 6.79 Å². The molecule has 120 valence electrons. The van der Waals surface area contributed by atoms with Crippen molar-refractivity contribution in [1.82, 2.24) is 4.98 Å².